The molecule has 1 aliphatic heterocycles. The Morgan fingerprint density at radius 3 is 2.74 bits per heavy atom. The minimum Gasteiger partial charge on any atom is -0.364 e. The zero-order valence-corrected chi connectivity index (χ0v) is 14.6. The summed E-state index contributed by atoms with van der Waals surface area (Å²) in [4.78, 5) is 16.8. The van der Waals surface area contributed by atoms with Crippen molar-refractivity contribution in [1.82, 2.24) is 29.8 Å². The molecule has 0 spiro atoms. The fourth-order valence-electron chi connectivity index (χ4n) is 3.23. The smallest absolute Gasteiger partial charge is 0.364 e. The minimum atomic E-state index is -4.47. The van der Waals surface area contributed by atoms with E-state index in [0.29, 0.717) is 34.9 Å². The van der Waals surface area contributed by atoms with Crippen LogP contribution in [0, 0.1) is 0 Å². The number of fused-ring (bicyclic) bond motifs is 1. The maximum absolute atomic E-state index is 12.8. The molecule has 3 aromatic rings. The van der Waals surface area contributed by atoms with Gasteiger partial charge in [-0.2, -0.15) is 13.2 Å². The third-order valence-electron chi connectivity index (χ3n) is 4.56. The predicted molar refractivity (Wildman–Crippen MR) is 94.1 cm³/mol. The number of imidazole rings is 1. The Kier molecular flexibility index (Phi) is 4.42. The van der Waals surface area contributed by atoms with E-state index in [1.807, 2.05) is 11.5 Å². The number of hydrogen-bond donors (Lipinski definition) is 2. The first-order valence-corrected chi connectivity index (χ1v) is 8.69. The molecule has 0 bridgehead atoms. The van der Waals surface area contributed by atoms with Crippen molar-refractivity contribution in [3.63, 3.8) is 0 Å². The van der Waals surface area contributed by atoms with Crippen LogP contribution in [0.25, 0.3) is 22.6 Å². The molecule has 10 heteroatoms. The van der Waals surface area contributed by atoms with Gasteiger partial charge in [0, 0.05) is 30.9 Å². The largest absolute Gasteiger partial charge is 0.433 e. The number of aromatic nitrogens is 5. The summed E-state index contributed by atoms with van der Waals surface area (Å²) in [6, 6.07) is 2.60. The summed E-state index contributed by atoms with van der Waals surface area (Å²) < 4.78 is 40.1. The number of rotatable bonds is 4. The highest BCUT2D eigenvalue weighted by Gasteiger charge is 2.32. The highest BCUT2D eigenvalue weighted by atomic mass is 19.4. The maximum Gasteiger partial charge on any atom is 0.433 e. The van der Waals surface area contributed by atoms with E-state index in [1.165, 1.54) is 18.6 Å². The van der Waals surface area contributed by atoms with Gasteiger partial charge in [-0.15, -0.1) is 0 Å². The summed E-state index contributed by atoms with van der Waals surface area (Å²) in [5.74, 6) is 1.14. The van der Waals surface area contributed by atoms with Gasteiger partial charge in [0.2, 0.25) is 0 Å². The van der Waals surface area contributed by atoms with Gasteiger partial charge in [-0.25, -0.2) is 15.0 Å². The van der Waals surface area contributed by atoms with Gasteiger partial charge in [0.05, 0.1) is 0 Å². The number of anilines is 1. The lowest BCUT2D eigenvalue weighted by Gasteiger charge is -2.11. The van der Waals surface area contributed by atoms with Crippen molar-refractivity contribution in [2.24, 2.45) is 0 Å². The number of pyridine rings is 1. The molecule has 0 aliphatic carbocycles. The first-order valence-electron chi connectivity index (χ1n) is 8.69. The molecule has 4 rings (SSSR count). The van der Waals surface area contributed by atoms with Crippen LogP contribution in [-0.2, 0) is 12.7 Å². The molecule has 2 N–H and O–H groups in total. The molecule has 1 fully saturated rings. The fourth-order valence-corrected chi connectivity index (χ4v) is 3.23. The molecule has 0 saturated carbocycles. The summed E-state index contributed by atoms with van der Waals surface area (Å²) in [7, 11) is 0. The van der Waals surface area contributed by atoms with Crippen LogP contribution in [0.2, 0.25) is 0 Å². The summed E-state index contributed by atoms with van der Waals surface area (Å²) in [6.45, 7) is 4.28. The molecule has 27 heavy (non-hydrogen) atoms. The number of nitrogens with zero attached hydrogens (tertiary/aromatic N) is 5. The van der Waals surface area contributed by atoms with Crippen LogP contribution in [0.4, 0.5) is 19.0 Å². The first kappa shape index (κ1) is 17.7. The van der Waals surface area contributed by atoms with Gasteiger partial charge in [-0.05, 0) is 32.0 Å². The van der Waals surface area contributed by atoms with Crippen molar-refractivity contribution in [2.75, 3.05) is 18.4 Å². The van der Waals surface area contributed by atoms with Crippen molar-refractivity contribution in [1.29, 1.82) is 0 Å². The van der Waals surface area contributed by atoms with E-state index in [1.54, 1.807) is 0 Å². The monoisotopic (exact) mass is 377 g/mol. The number of halogens is 3. The normalized spacial score (nSPS) is 17.6. The molecule has 1 aliphatic rings. The number of hydrogen-bond acceptors (Lipinski definition) is 6. The van der Waals surface area contributed by atoms with E-state index < -0.39 is 11.9 Å². The highest BCUT2D eigenvalue weighted by Crippen LogP contribution is 2.30. The average molecular weight is 377 g/mol. The van der Waals surface area contributed by atoms with Crippen LogP contribution < -0.4 is 10.6 Å². The second-order valence-corrected chi connectivity index (χ2v) is 6.34. The van der Waals surface area contributed by atoms with Crippen LogP contribution in [0.3, 0.4) is 0 Å². The SMILES string of the molecule is CCn1c(-c2ccc(C(F)(F)F)nc2)nc2c(NC3CCNC3)ncnc21. The van der Waals surface area contributed by atoms with E-state index in [9.17, 15) is 13.2 Å². The van der Waals surface area contributed by atoms with E-state index in [-0.39, 0.29) is 6.04 Å². The lowest BCUT2D eigenvalue weighted by atomic mass is 10.2. The molecule has 142 valence electrons. The molecule has 3 aromatic heterocycles. The second-order valence-electron chi connectivity index (χ2n) is 6.34. The number of nitrogens with one attached hydrogen (secondary N) is 2. The lowest BCUT2D eigenvalue weighted by Crippen LogP contribution is -2.22. The summed E-state index contributed by atoms with van der Waals surface area (Å²) in [5, 5.41) is 6.66. The zero-order chi connectivity index (χ0) is 19.0. The number of alkyl halides is 3. The molecule has 0 aromatic carbocycles. The average Bonchev–Trinajstić information content (AvgIpc) is 3.28. The predicted octanol–water partition coefficient (Wildman–Crippen LogP) is 2.70. The Bertz CT molecular complexity index is 944. The second kappa shape index (κ2) is 6.76. The molecule has 4 heterocycles. The van der Waals surface area contributed by atoms with Crippen molar-refractivity contribution in [3.8, 4) is 11.4 Å². The molecular weight excluding hydrogens is 359 g/mol. The van der Waals surface area contributed by atoms with Gasteiger partial charge in [-0.3, -0.25) is 4.98 Å². The van der Waals surface area contributed by atoms with Crippen molar-refractivity contribution < 1.29 is 13.2 Å². The fraction of sp³-hybridized carbons (Fsp3) is 0.412. The summed E-state index contributed by atoms with van der Waals surface area (Å²) in [6.07, 6.45) is -0.829. The van der Waals surface area contributed by atoms with E-state index in [2.05, 4.69) is 30.6 Å². The van der Waals surface area contributed by atoms with Crippen molar-refractivity contribution in [2.45, 2.75) is 32.1 Å². The Morgan fingerprint density at radius 2 is 2.11 bits per heavy atom. The standard InChI is InChI=1S/C17H18F3N7/c1-2-27-15(10-3-4-12(22-7-10)17(18,19)20)26-13-14(23-9-24-16(13)27)25-11-5-6-21-8-11/h3-4,7,9,11,21H,2,5-6,8H2,1H3,(H,23,24,25). The quantitative estimate of drug-likeness (QED) is 0.728. The highest BCUT2D eigenvalue weighted by molar-refractivity contribution is 5.86. The van der Waals surface area contributed by atoms with Gasteiger partial charge < -0.3 is 15.2 Å². The molecule has 1 saturated heterocycles. The molecule has 0 amide bonds. The van der Waals surface area contributed by atoms with Crippen LogP contribution in [-0.4, -0.2) is 43.6 Å². The van der Waals surface area contributed by atoms with Gasteiger partial charge in [0.25, 0.3) is 0 Å². The molecule has 1 atom stereocenters. The van der Waals surface area contributed by atoms with Crippen LogP contribution in [0.1, 0.15) is 19.0 Å². The number of aryl methyl sites for hydroxylation is 1. The Morgan fingerprint density at radius 1 is 1.26 bits per heavy atom. The third kappa shape index (κ3) is 3.32. The third-order valence-corrected chi connectivity index (χ3v) is 4.56. The minimum absolute atomic E-state index is 0.256. The van der Waals surface area contributed by atoms with Crippen LogP contribution in [0.5, 0.6) is 0 Å². The van der Waals surface area contributed by atoms with E-state index >= 15 is 0 Å². The van der Waals surface area contributed by atoms with E-state index in [4.69, 9.17) is 0 Å². The Hall–Kier alpha value is -2.75. The molecular formula is C17H18F3N7. The van der Waals surface area contributed by atoms with Crippen LogP contribution >= 0.6 is 0 Å². The summed E-state index contributed by atoms with van der Waals surface area (Å²) in [5.41, 5.74) is 0.801. The first-order chi connectivity index (χ1) is 13.0. The Labute approximate surface area is 153 Å². The van der Waals surface area contributed by atoms with E-state index in [0.717, 1.165) is 25.6 Å². The summed E-state index contributed by atoms with van der Waals surface area (Å²) >= 11 is 0. The van der Waals surface area contributed by atoms with Crippen molar-refractivity contribution >= 4 is 17.0 Å². The molecule has 0 radical (unpaired) electrons. The van der Waals surface area contributed by atoms with Gasteiger partial charge in [0.15, 0.2) is 17.0 Å². The zero-order valence-electron chi connectivity index (χ0n) is 14.6. The lowest BCUT2D eigenvalue weighted by molar-refractivity contribution is -0.141. The topological polar surface area (TPSA) is 80.5 Å². The van der Waals surface area contributed by atoms with Gasteiger partial charge >= 0.3 is 6.18 Å². The van der Waals surface area contributed by atoms with Gasteiger partial charge in [0.1, 0.15) is 17.8 Å². The van der Waals surface area contributed by atoms with Crippen molar-refractivity contribution in [3.05, 3.63) is 30.4 Å². The molecule has 7 nitrogen and oxygen atoms in total. The Balaban J connectivity index is 1.76. The van der Waals surface area contributed by atoms with Crippen LogP contribution in [0.15, 0.2) is 24.7 Å². The van der Waals surface area contributed by atoms with Gasteiger partial charge in [-0.1, -0.05) is 0 Å². The maximum atomic E-state index is 12.8. The molecule has 1 unspecified atom stereocenters.